The predicted octanol–water partition coefficient (Wildman–Crippen LogP) is 3.08. The number of nitrogens with zero attached hydrogens (tertiary/aromatic N) is 2. The van der Waals surface area contributed by atoms with Gasteiger partial charge in [0.1, 0.15) is 0 Å². The number of allylic oxidation sites excluding steroid dienone is 1. The number of aryl methyl sites for hydroxylation is 1. The molecule has 1 aromatic carbocycles. The summed E-state index contributed by atoms with van der Waals surface area (Å²) in [5.41, 5.74) is 1.59. The molecular weight excluding hydrogens is 280 g/mol. The molecule has 0 aliphatic rings. The van der Waals surface area contributed by atoms with Crippen molar-refractivity contribution in [3.63, 3.8) is 0 Å². The van der Waals surface area contributed by atoms with Crippen LogP contribution in [-0.2, 0) is 7.05 Å². The Morgan fingerprint density at radius 3 is 2.65 bits per heavy atom. The van der Waals surface area contributed by atoms with Crippen LogP contribution >= 0.6 is 15.9 Å². The highest BCUT2D eigenvalue weighted by Crippen LogP contribution is 2.12. The van der Waals surface area contributed by atoms with Crippen molar-refractivity contribution >= 4 is 27.8 Å². The Labute approximate surface area is 108 Å². The van der Waals surface area contributed by atoms with Crippen molar-refractivity contribution in [2.75, 3.05) is 0 Å². The zero-order valence-electron chi connectivity index (χ0n) is 9.30. The van der Waals surface area contributed by atoms with Crippen molar-refractivity contribution in [2.24, 2.45) is 7.05 Å². The lowest BCUT2D eigenvalue weighted by Gasteiger charge is -1.93. The van der Waals surface area contributed by atoms with Crippen molar-refractivity contribution in [1.29, 1.82) is 0 Å². The van der Waals surface area contributed by atoms with Crippen molar-refractivity contribution in [3.8, 4) is 0 Å². The average Bonchev–Trinajstić information content (AvgIpc) is 2.75. The minimum atomic E-state index is -0.0407. The van der Waals surface area contributed by atoms with Crippen LogP contribution in [0.5, 0.6) is 0 Å². The standard InChI is InChI=1S/C13H11BrN2O/c1-16-9-11(8-15-16)13(17)7-4-10-2-5-12(14)6-3-10/h2-9H,1H3. The number of rotatable bonds is 3. The van der Waals surface area contributed by atoms with E-state index in [0.29, 0.717) is 5.56 Å². The summed E-state index contributed by atoms with van der Waals surface area (Å²) < 4.78 is 2.63. The molecule has 0 fully saturated rings. The first-order chi connectivity index (χ1) is 8.15. The number of hydrogen-bond donors (Lipinski definition) is 0. The van der Waals surface area contributed by atoms with E-state index in [9.17, 15) is 4.79 Å². The molecule has 0 atom stereocenters. The van der Waals surface area contributed by atoms with Gasteiger partial charge in [-0.15, -0.1) is 0 Å². The first-order valence-electron chi connectivity index (χ1n) is 5.12. The van der Waals surface area contributed by atoms with Gasteiger partial charge in [-0.1, -0.05) is 34.1 Å². The molecule has 86 valence electrons. The van der Waals surface area contributed by atoms with Crippen LogP contribution in [0.4, 0.5) is 0 Å². The molecule has 0 aliphatic carbocycles. The van der Waals surface area contributed by atoms with E-state index in [0.717, 1.165) is 10.0 Å². The summed E-state index contributed by atoms with van der Waals surface area (Å²) in [4.78, 5) is 11.7. The molecule has 0 bridgehead atoms. The SMILES string of the molecule is Cn1cc(C(=O)C=Cc2ccc(Br)cc2)cn1. The number of carbonyl (C=O) groups is 1. The van der Waals surface area contributed by atoms with Gasteiger partial charge in [0.15, 0.2) is 5.78 Å². The highest BCUT2D eigenvalue weighted by atomic mass is 79.9. The van der Waals surface area contributed by atoms with E-state index in [-0.39, 0.29) is 5.78 Å². The lowest BCUT2D eigenvalue weighted by atomic mass is 10.1. The Bertz CT molecular complexity index is 555. The minimum Gasteiger partial charge on any atom is -0.289 e. The van der Waals surface area contributed by atoms with E-state index >= 15 is 0 Å². The van der Waals surface area contributed by atoms with Gasteiger partial charge in [0.25, 0.3) is 0 Å². The predicted molar refractivity (Wildman–Crippen MR) is 70.7 cm³/mol. The Kier molecular flexibility index (Phi) is 3.54. The minimum absolute atomic E-state index is 0.0407. The molecule has 0 N–H and O–H groups in total. The second kappa shape index (κ2) is 5.10. The van der Waals surface area contributed by atoms with Crippen LogP contribution in [0.1, 0.15) is 15.9 Å². The summed E-state index contributed by atoms with van der Waals surface area (Å²) >= 11 is 3.36. The van der Waals surface area contributed by atoms with Crippen LogP contribution < -0.4 is 0 Å². The molecule has 0 unspecified atom stereocenters. The summed E-state index contributed by atoms with van der Waals surface area (Å²) in [6.45, 7) is 0. The molecule has 0 amide bonds. The highest BCUT2D eigenvalue weighted by molar-refractivity contribution is 9.10. The molecule has 2 aromatic rings. The van der Waals surface area contributed by atoms with Crippen LogP contribution in [0.15, 0.2) is 47.2 Å². The van der Waals surface area contributed by atoms with Gasteiger partial charge in [-0.3, -0.25) is 9.48 Å². The highest BCUT2D eigenvalue weighted by Gasteiger charge is 2.03. The number of halogens is 1. The van der Waals surface area contributed by atoms with Crippen molar-refractivity contribution in [2.45, 2.75) is 0 Å². The molecule has 4 heteroatoms. The molecule has 3 nitrogen and oxygen atoms in total. The Morgan fingerprint density at radius 2 is 2.06 bits per heavy atom. The molecule has 0 spiro atoms. The fraction of sp³-hybridized carbons (Fsp3) is 0.0769. The van der Waals surface area contributed by atoms with E-state index in [1.807, 2.05) is 24.3 Å². The summed E-state index contributed by atoms with van der Waals surface area (Å²) in [7, 11) is 1.79. The number of ketones is 1. The second-order valence-electron chi connectivity index (χ2n) is 3.65. The number of aromatic nitrogens is 2. The van der Waals surface area contributed by atoms with E-state index in [1.165, 1.54) is 0 Å². The molecule has 1 heterocycles. The first-order valence-corrected chi connectivity index (χ1v) is 5.91. The van der Waals surface area contributed by atoms with Gasteiger partial charge in [0.05, 0.1) is 11.8 Å². The van der Waals surface area contributed by atoms with Gasteiger partial charge >= 0.3 is 0 Å². The Hall–Kier alpha value is -1.68. The van der Waals surface area contributed by atoms with Crippen LogP contribution in [0.3, 0.4) is 0 Å². The molecule has 1 aromatic heterocycles. The van der Waals surface area contributed by atoms with Crippen LogP contribution in [0.25, 0.3) is 6.08 Å². The van der Waals surface area contributed by atoms with Gasteiger partial charge in [0, 0.05) is 17.7 Å². The zero-order valence-corrected chi connectivity index (χ0v) is 10.9. The number of carbonyl (C=O) groups excluding carboxylic acids is 1. The third-order valence-electron chi connectivity index (χ3n) is 2.29. The maximum Gasteiger partial charge on any atom is 0.189 e. The van der Waals surface area contributed by atoms with Crippen molar-refractivity contribution in [3.05, 3.63) is 58.3 Å². The molecule has 17 heavy (non-hydrogen) atoms. The smallest absolute Gasteiger partial charge is 0.189 e. The van der Waals surface area contributed by atoms with Gasteiger partial charge in [-0.25, -0.2) is 0 Å². The lowest BCUT2D eigenvalue weighted by Crippen LogP contribution is -1.91. The first kappa shape index (κ1) is 11.8. The normalized spacial score (nSPS) is 10.9. The molecule has 0 saturated heterocycles. The summed E-state index contributed by atoms with van der Waals surface area (Å²) in [5.74, 6) is -0.0407. The van der Waals surface area contributed by atoms with Gasteiger partial charge in [0.2, 0.25) is 0 Å². The maximum atomic E-state index is 11.7. The third-order valence-corrected chi connectivity index (χ3v) is 2.82. The summed E-state index contributed by atoms with van der Waals surface area (Å²) in [6, 6.07) is 7.76. The zero-order chi connectivity index (χ0) is 12.3. The van der Waals surface area contributed by atoms with E-state index in [1.54, 1.807) is 36.3 Å². The molecule has 0 saturated carbocycles. The Morgan fingerprint density at radius 1 is 1.35 bits per heavy atom. The summed E-state index contributed by atoms with van der Waals surface area (Å²) in [5, 5.41) is 3.96. The van der Waals surface area contributed by atoms with Crippen LogP contribution in [0, 0.1) is 0 Å². The number of hydrogen-bond acceptors (Lipinski definition) is 2. The third kappa shape index (κ3) is 3.14. The van der Waals surface area contributed by atoms with Crippen LogP contribution in [0.2, 0.25) is 0 Å². The van der Waals surface area contributed by atoms with Crippen LogP contribution in [-0.4, -0.2) is 15.6 Å². The quantitative estimate of drug-likeness (QED) is 0.643. The second-order valence-corrected chi connectivity index (χ2v) is 4.57. The van der Waals surface area contributed by atoms with Crippen molar-refractivity contribution in [1.82, 2.24) is 9.78 Å². The lowest BCUT2D eigenvalue weighted by molar-refractivity contribution is 0.104. The largest absolute Gasteiger partial charge is 0.289 e. The maximum absolute atomic E-state index is 11.7. The molecular formula is C13H11BrN2O. The van der Waals surface area contributed by atoms with Gasteiger partial charge < -0.3 is 0 Å². The van der Waals surface area contributed by atoms with E-state index in [2.05, 4.69) is 21.0 Å². The monoisotopic (exact) mass is 290 g/mol. The summed E-state index contributed by atoms with van der Waals surface area (Å²) in [6.07, 6.45) is 6.62. The molecule has 0 radical (unpaired) electrons. The van der Waals surface area contributed by atoms with E-state index in [4.69, 9.17) is 0 Å². The Balaban J connectivity index is 2.10. The topological polar surface area (TPSA) is 34.9 Å². The fourth-order valence-corrected chi connectivity index (χ4v) is 1.65. The average molecular weight is 291 g/mol. The molecule has 0 aliphatic heterocycles. The van der Waals surface area contributed by atoms with Gasteiger partial charge in [-0.2, -0.15) is 5.10 Å². The molecule has 2 rings (SSSR count). The van der Waals surface area contributed by atoms with Gasteiger partial charge in [-0.05, 0) is 23.8 Å². The van der Waals surface area contributed by atoms with E-state index < -0.39 is 0 Å². The number of benzene rings is 1. The fourth-order valence-electron chi connectivity index (χ4n) is 1.39. The van der Waals surface area contributed by atoms with Crippen molar-refractivity contribution < 1.29 is 4.79 Å².